The molecule has 1 aromatic carbocycles. The first-order chi connectivity index (χ1) is 11.3. The van der Waals surface area contributed by atoms with Gasteiger partial charge in [0, 0.05) is 11.3 Å². The largest absolute Gasteiger partial charge is 0.465 e. The Kier molecular flexibility index (Phi) is 5.41. The second kappa shape index (κ2) is 7.31. The summed E-state index contributed by atoms with van der Waals surface area (Å²) in [5, 5.41) is 9.77. The van der Waals surface area contributed by atoms with E-state index in [1.165, 1.54) is 7.11 Å². The van der Waals surface area contributed by atoms with Crippen molar-refractivity contribution in [1.82, 2.24) is 4.98 Å². The average molecular weight is 331 g/mol. The average Bonchev–Trinajstić information content (AvgIpc) is 2.87. The minimum absolute atomic E-state index is 0.0851. The van der Waals surface area contributed by atoms with Crippen LogP contribution in [0.1, 0.15) is 56.3 Å². The molecular formula is C18H21NO5. The smallest absolute Gasteiger partial charge is 0.355 e. The first kappa shape index (κ1) is 17.7. The third-order valence-corrected chi connectivity index (χ3v) is 3.86. The van der Waals surface area contributed by atoms with Crippen molar-refractivity contribution in [2.24, 2.45) is 0 Å². The van der Waals surface area contributed by atoms with Crippen molar-refractivity contribution < 1.29 is 24.2 Å². The summed E-state index contributed by atoms with van der Waals surface area (Å²) in [7, 11) is 1.32. The van der Waals surface area contributed by atoms with Crippen molar-refractivity contribution in [3.05, 3.63) is 57.9 Å². The fourth-order valence-corrected chi connectivity index (χ4v) is 2.67. The van der Waals surface area contributed by atoms with E-state index in [1.54, 1.807) is 45.0 Å². The molecule has 0 aliphatic rings. The van der Waals surface area contributed by atoms with Crippen molar-refractivity contribution in [1.29, 1.82) is 0 Å². The number of carbonyl (C=O) groups is 2. The molecule has 1 aromatic heterocycles. The topological polar surface area (TPSA) is 88.6 Å². The summed E-state index contributed by atoms with van der Waals surface area (Å²) in [6.45, 7) is 5.31. The molecule has 0 saturated heterocycles. The zero-order valence-electron chi connectivity index (χ0n) is 14.2. The van der Waals surface area contributed by atoms with Crippen LogP contribution in [-0.2, 0) is 16.1 Å². The van der Waals surface area contributed by atoms with E-state index in [4.69, 9.17) is 4.74 Å². The highest BCUT2D eigenvalue weighted by molar-refractivity contribution is 5.90. The Morgan fingerprint density at radius 2 is 1.79 bits per heavy atom. The van der Waals surface area contributed by atoms with Crippen LogP contribution in [0, 0.1) is 13.8 Å². The number of hydrogen-bond acceptors (Lipinski definition) is 5. The third-order valence-electron chi connectivity index (χ3n) is 3.86. The summed E-state index contributed by atoms with van der Waals surface area (Å²) >= 11 is 0. The molecule has 0 aliphatic heterocycles. The maximum absolute atomic E-state index is 12.2. The molecule has 6 heteroatoms. The molecule has 0 saturated carbocycles. The number of aliphatic hydroxyl groups is 1. The molecule has 0 aliphatic carbocycles. The molecule has 0 unspecified atom stereocenters. The van der Waals surface area contributed by atoms with Gasteiger partial charge in [0.15, 0.2) is 0 Å². The molecule has 1 heterocycles. The van der Waals surface area contributed by atoms with E-state index in [2.05, 4.69) is 9.72 Å². The first-order valence-electron chi connectivity index (χ1n) is 7.56. The molecule has 0 bridgehead atoms. The van der Waals surface area contributed by atoms with Gasteiger partial charge >= 0.3 is 11.9 Å². The molecule has 2 N–H and O–H groups in total. The standard InChI is InChI=1S/C18H21NO5/c1-10-15(12(3)20)11(2)19-16(10)18(22)24-9-13-5-7-14(8-6-13)17(21)23-4/h5-8,12,19-20H,9H2,1-4H3/t12-/m1/s1. The predicted octanol–water partition coefficient (Wildman–Crippen LogP) is 2.83. The number of aliphatic hydroxyl groups excluding tert-OH is 1. The highest BCUT2D eigenvalue weighted by atomic mass is 16.5. The SMILES string of the molecule is COC(=O)c1ccc(COC(=O)c2[nH]c(C)c([C@@H](C)O)c2C)cc1. The lowest BCUT2D eigenvalue weighted by Gasteiger charge is -2.07. The van der Waals surface area contributed by atoms with E-state index in [9.17, 15) is 14.7 Å². The molecule has 2 aromatic rings. The van der Waals surface area contributed by atoms with Gasteiger partial charge in [-0.05, 0) is 44.0 Å². The van der Waals surface area contributed by atoms with E-state index in [0.717, 1.165) is 11.3 Å². The van der Waals surface area contributed by atoms with Crippen molar-refractivity contribution in [3.63, 3.8) is 0 Å². The van der Waals surface area contributed by atoms with E-state index in [1.807, 2.05) is 0 Å². The number of aryl methyl sites for hydroxylation is 1. The summed E-state index contributed by atoms with van der Waals surface area (Å²) in [6, 6.07) is 6.64. The minimum Gasteiger partial charge on any atom is -0.465 e. The van der Waals surface area contributed by atoms with E-state index < -0.39 is 18.0 Å². The first-order valence-corrected chi connectivity index (χ1v) is 7.56. The fraction of sp³-hybridized carbons (Fsp3) is 0.333. The highest BCUT2D eigenvalue weighted by Gasteiger charge is 2.21. The van der Waals surface area contributed by atoms with Crippen LogP contribution in [-0.4, -0.2) is 29.1 Å². The van der Waals surface area contributed by atoms with Crippen LogP contribution in [0.15, 0.2) is 24.3 Å². The third kappa shape index (κ3) is 3.65. The Hall–Kier alpha value is -2.60. The Labute approximate surface area is 140 Å². The Morgan fingerprint density at radius 1 is 1.17 bits per heavy atom. The number of benzene rings is 1. The van der Waals surface area contributed by atoms with Gasteiger partial charge in [-0.2, -0.15) is 0 Å². The second-order valence-corrected chi connectivity index (χ2v) is 5.60. The lowest BCUT2D eigenvalue weighted by molar-refractivity contribution is 0.0464. The molecule has 1 atom stereocenters. The summed E-state index contributed by atoms with van der Waals surface area (Å²) in [6.07, 6.45) is -0.659. The van der Waals surface area contributed by atoms with Gasteiger partial charge in [0.05, 0.1) is 18.8 Å². The Morgan fingerprint density at radius 3 is 2.29 bits per heavy atom. The molecule has 0 radical (unpaired) electrons. The van der Waals surface area contributed by atoms with Crippen LogP contribution < -0.4 is 0 Å². The maximum atomic E-state index is 12.2. The summed E-state index contributed by atoms with van der Waals surface area (Å²) in [5.41, 5.74) is 3.68. The second-order valence-electron chi connectivity index (χ2n) is 5.60. The Bertz CT molecular complexity index is 744. The van der Waals surface area contributed by atoms with Crippen molar-refractivity contribution in [3.8, 4) is 0 Å². The van der Waals surface area contributed by atoms with Crippen LogP contribution >= 0.6 is 0 Å². The molecule has 0 spiro atoms. The quantitative estimate of drug-likeness (QED) is 0.823. The number of hydrogen-bond donors (Lipinski definition) is 2. The molecule has 6 nitrogen and oxygen atoms in total. The number of nitrogens with one attached hydrogen (secondary N) is 1. The van der Waals surface area contributed by atoms with Gasteiger partial charge in [-0.15, -0.1) is 0 Å². The van der Waals surface area contributed by atoms with E-state index >= 15 is 0 Å². The van der Waals surface area contributed by atoms with Crippen LogP contribution in [0.2, 0.25) is 0 Å². The molecule has 2 rings (SSSR count). The van der Waals surface area contributed by atoms with Crippen molar-refractivity contribution >= 4 is 11.9 Å². The van der Waals surface area contributed by atoms with E-state index in [0.29, 0.717) is 22.4 Å². The molecule has 0 amide bonds. The van der Waals surface area contributed by atoms with Gasteiger partial charge in [-0.1, -0.05) is 12.1 Å². The summed E-state index contributed by atoms with van der Waals surface area (Å²) < 4.78 is 9.93. The number of ether oxygens (including phenoxy) is 2. The number of aromatic amines is 1. The summed E-state index contributed by atoms with van der Waals surface area (Å²) in [5.74, 6) is -0.902. The monoisotopic (exact) mass is 331 g/mol. The van der Waals surface area contributed by atoms with E-state index in [-0.39, 0.29) is 6.61 Å². The number of esters is 2. The number of carbonyl (C=O) groups excluding carboxylic acids is 2. The van der Waals surface area contributed by atoms with Gasteiger partial charge in [0.2, 0.25) is 0 Å². The van der Waals surface area contributed by atoms with Crippen molar-refractivity contribution in [2.45, 2.75) is 33.5 Å². The van der Waals surface area contributed by atoms with Crippen LogP contribution in [0.4, 0.5) is 0 Å². The van der Waals surface area contributed by atoms with Crippen molar-refractivity contribution in [2.75, 3.05) is 7.11 Å². The highest BCUT2D eigenvalue weighted by Crippen LogP contribution is 2.25. The van der Waals surface area contributed by atoms with Crippen LogP contribution in [0.5, 0.6) is 0 Å². The minimum atomic E-state index is -0.659. The number of methoxy groups -OCH3 is 1. The number of aromatic nitrogens is 1. The molecule has 128 valence electrons. The molecular weight excluding hydrogens is 310 g/mol. The predicted molar refractivity (Wildman–Crippen MR) is 87.8 cm³/mol. The maximum Gasteiger partial charge on any atom is 0.355 e. The van der Waals surface area contributed by atoms with Crippen LogP contribution in [0.3, 0.4) is 0 Å². The van der Waals surface area contributed by atoms with Gasteiger partial charge in [-0.25, -0.2) is 9.59 Å². The zero-order chi connectivity index (χ0) is 17.9. The number of H-pyrrole nitrogens is 1. The fourth-order valence-electron chi connectivity index (χ4n) is 2.67. The van der Waals surface area contributed by atoms with Gasteiger partial charge in [0.1, 0.15) is 12.3 Å². The van der Waals surface area contributed by atoms with Crippen LogP contribution in [0.25, 0.3) is 0 Å². The normalized spacial score (nSPS) is 11.9. The lowest BCUT2D eigenvalue weighted by Crippen LogP contribution is -2.08. The summed E-state index contributed by atoms with van der Waals surface area (Å²) in [4.78, 5) is 26.6. The molecule has 24 heavy (non-hydrogen) atoms. The zero-order valence-corrected chi connectivity index (χ0v) is 14.2. The van der Waals surface area contributed by atoms with Gasteiger partial charge in [-0.3, -0.25) is 0 Å². The van der Waals surface area contributed by atoms with Gasteiger partial charge in [0.25, 0.3) is 0 Å². The Balaban J connectivity index is 2.06. The van der Waals surface area contributed by atoms with Gasteiger partial charge < -0.3 is 19.6 Å². The molecule has 0 fully saturated rings. The lowest BCUT2D eigenvalue weighted by atomic mass is 10.1. The number of rotatable bonds is 5.